The van der Waals surface area contributed by atoms with Crippen LogP contribution in [0.4, 0.5) is 0 Å². The van der Waals surface area contributed by atoms with Crippen LogP contribution in [0.5, 0.6) is 0 Å². The number of carbonyl (C=O) groups is 1. The van der Waals surface area contributed by atoms with E-state index in [1.165, 1.54) is 0 Å². The van der Waals surface area contributed by atoms with E-state index in [4.69, 9.17) is 0 Å². The van der Waals surface area contributed by atoms with E-state index in [-0.39, 0.29) is 30.7 Å². The molecule has 22 heavy (non-hydrogen) atoms. The topological polar surface area (TPSA) is 71.8 Å². The monoisotopic (exact) mass is 347 g/mol. The van der Waals surface area contributed by atoms with Gasteiger partial charge in [-0.2, -0.15) is 5.10 Å². The van der Waals surface area contributed by atoms with Gasteiger partial charge in [0.2, 0.25) is 0 Å². The second kappa shape index (κ2) is 9.61. The fourth-order valence-electron chi connectivity index (χ4n) is 2.10. The highest BCUT2D eigenvalue weighted by Gasteiger charge is 2.11. The average Bonchev–Trinajstić information content (AvgIpc) is 2.73. The quantitative estimate of drug-likeness (QED) is 0.782. The Labute approximate surface area is 142 Å². The van der Waals surface area contributed by atoms with Gasteiger partial charge < -0.3 is 10.6 Å². The van der Waals surface area contributed by atoms with Crippen LogP contribution in [0.2, 0.25) is 0 Å². The van der Waals surface area contributed by atoms with Crippen LogP contribution in [0.15, 0.2) is 12.3 Å². The van der Waals surface area contributed by atoms with Crippen LogP contribution in [0.1, 0.15) is 29.4 Å². The summed E-state index contributed by atoms with van der Waals surface area (Å²) in [6.45, 7) is 6.39. The van der Waals surface area contributed by atoms with Crippen molar-refractivity contribution in [3.05, 3.63) is 23.5 Å². The van der Waals surface area contributed by atoms with Crippen molar-refractivity contribution in [1.82, 2.24) is 25.4 Å². The van der Waals surface area contributed by atoms with Crippen molar-refractivity contribution in [3.8, 4) is 0 Å². The predicted octanol–water partition coefficient (Wildman–Crippen LogP) is 1.85. The van der Waals surface area contributed by atoms with E-state index in [0.717, 1.165) is 36.2 Å². The molecule has 0 aliphatic heterocycles. The molecular formula is C14H23Cl2N5O. The Morgan fingerprint density at radius 1 is 1.27 bits per heavy atom. The Morgan fingerprint density at radius 3 is 2.68 bits per heavy atom. The van der Waals surface area contributed by atoms with Gasteiger partial charge in [0.15, 0.2) is 5.65 Å². The van der Waals surface area contributed by atoms with E-state index in [9.17, 15) is 4.79 Å². The lowest BCUT2D eigenvalue weighted by Crippen LogP contribution is -2.32. The maximum Gasteiger partial charge on any atom is 0.252 e. The van der Waals surface area contributed by atoms with Crippen molar-refractivity contribution in [2.24, 2.45) is 7.05 Å². The molecule has 0 saturated carbocycles. The fourth-order valence-corrected chi connectivity index (χ4v) is 2.10. The zero-order valence-electron chi connectivity index (χ0n) is 13.0. The van der Waals surface area contributed by atoms with Gasteiger partial charge in [0.25, 0.3) is 5.91 Å². The first-order valence-electron chi connectivity index (χ1n) is 6.91. The second-order valence-corrected chi connectivity index (χ2v) is 4.81. The number of amides is 1. The third kappa shape index (κ3) is 4.83. The van der Waals surface area contributed by atoms with Gasteiger partial charge in [-0.15, -0.1) is 24.8 Å². The van der Waals surface area contributed by atoms with Crippen molar-refractivity contribution >= 4 is 41.8 Å². The number of carbonyl (C=O) groups excluding carboxylic acids is 1. The van der Waals surface area contributed by atoms with E-state index in [1.54, 1.807) is 10.9 Å². The first-order valence-corrected chi connectivity index (χ1v) is 6.91. The standard InChI is InChI=1S/C14H21N5O.2ClH/c1-4-5-15-6-7-16-14(20)11-8-12-10(2)18-19(3)13(12)17-9-11;;/h8-9,15H,4-7H2,1-3H3,(H,16,20);2*1H. The Balaban J connectivity index is 0.00000220. The van der Waals surface area contributed by atoms with Crippen LogP contribution >= 0.6 is 24.8 Å². The Bertz CT molecular complexity index is 615. The summed E-state index contributed by atoms with van der Waals surface area (Å²) >= 11 is 0. The zero-order valence-corrected chi connectivity index (χ0v) is 14.7. The predicted molar refractivity (Wildman–Crippen MR) is 93.2 cm³/mol. The molecule has 0 bridgehead atoms. The first kappa shape index (κ1) is 20.6. The molecule has 0 radical (unpaired) electrons. The lowest BCUT2D eigenvalue weighted by Gasteiger charge is -2.06. The van der Waals surface area contributed by atoms with Gasteiger partial charge in [0.1, 0.15) is 0 Å². The van der Waals surface area contributed by atoms with E-state index >= 15 is 0 Å². The number of hydrogen-bond donors (Lipinski definition) is 2. The van der Waals surface area contributed by atoms with Crippen LogP contribution < -0.4 is 10.6 Å². The van der Waals surface area contributed by atoms with E-state index in [2.05, 4.69) is 27.6 Å². The number of nitrogens with one attached hydrogen (secondary N) is 2. The van der Waals surface area contributed by atoms with Crippen LogP contribution in [0.25, 0.3) is 11.0 Å². The first-order chi connectivity index (χ1) is 9.63. The van der Waals surface area contributed by atoms with E-state index < -0.39 is 0 Å². The molecule has 0 aliphatic rings. The minimum absolute atomic E-state index is 0. The molecule has 0 aliphatic carbocycles. The number of halogens is 2. The highest BCUT2D eigenvalue weighted by atomic mass is 35.5. The average molecular weight is 348 g/mol. The van der Waals surface area contributed by atoms with Crippen LogP contribution in [0.3, 0.4) is 0 Å². The molecule has 124 valence electrons. The van der Waals surface area contributed by atoms with Crippen LogP contribution in [0, 0.1) is 6.92 Å². The molecule has 2 rings (SSSR count). The summed E-state index contributed by atoms with van der Waals surface area (Å²) in [5, 5.41) is 11.3. The van der Waals surface area contributed by atoms with Gasteiger partial charge in [-0.05, 0) is 26.0 Å². The largest absolute Gasteiger partial charge is 0.351 e. The summed E-state index contributed by atoms with van der Waals surface area (Å²) in [4.78, 5) is 16.3. The third-order valence-corrected chi connectivity index (χ3v) is 3.14. The molecule has 0 spiro atoms. The van der Waals surface area contributed by atoms with Crippen molar-refractivity contribution < 1.29 is 4.79 Å². The summed E-state index contributed by atoms with van der Waals surface area (Å²) < 4.78 is 1.72. The number of aryl methyl sites for hydroxylation is 2. The molecule has 0 fully saturated rings. The van der Waals surface area contributed by atoms with Crippen molar-refractivity contribution in [3.63, 3.8) is 0 Å². The highest BCUT2D eigenvalue weighted by Crippen LogP contribution is 2.16. The van der Waals surface area contributed by atoms with Gasteiger partial charge in [-0.25, -0.2) is 4.98 Å². The fraction of sp³-hybridized carbons (Fsp3) is 0.500. The molecule has 8 heteroatoms. The van der Waals surface area contributed by atoms with Gasteiger partial charge in [-0.3, -0.25) is 9.48 Å². The molecule has 6 nitrogen and oxygen atoms in total. The number of nitrogens with zero attached hydrogens (tertiary/aromatic N) is 3. The van der Waals surface area contributed by atoms with Gasteiger partial charge in [-0.1, -0.05) is 6.92 Å². The van der Waals surface area contributed by atoms with Crippen molar-refractivity contribution in [2.75, 3.05) is 19.6 Å². The summed E-state index contributed by atoms with van der Waals surface area (Å²) in [5.74, 6) is -0.0963. The number of fused-ring (bicyclic) bond motifs is 1. The molecule has 2 heterocycles. The molecule has 1 amide bonds. The normalized spacial score (nSPS) is 9.95. The summed E-state index contributed by atoms with van der Waals surface area (Å²) in [7, 11) is 1.85. The van der Waals surface area contributed by atoms with E-state index in [1.807, 2.05) is 20.0 Å². The van der Waals surface area contributed by atoms with Gasteiger partial charge in [0.05, 0.1) is 11.3 Å². The zero-order chi connectivity index (χ0) is 14.5. The Morgan fingerprint density at radius 2 is 2.00 bits per heavy atom. The maximum absolute atomic E-state index is 12.0. The molecule has 0 atom stereocenters. The molecule has 2 N–H and O–H groups in total. The molecule has 0 unspecified atom stereocenters. The lowest BCUT2D eigenvalue weighted by atomic mass is 10.2. The molecule has 2 aromatic heterocycles. The lowest BCUT2D eigenvalue weighted by molar-refractivity contribution is 0.0954. The number of pyridine rings is 1. The van der Waals surface area contributed by atoms with Crippen LogP contribution in [-0.4, -0.2) is 40.3 Å². The van der Waals surface area contributed by atoms with Crippen molar-refractivity contribution in [2.45, 2.75) is 20.3 Å². The van der Waals surface area contributed by atoms with E-state index in [0.29, 0.717) is 12.1 Å². The molecule has 2 aromatic rings. The maximum atomic E-state index is 12.0. The molecule has 0 aromatic carbocycles. The van der Waals surface area contributed by atoms with Gasteiger partial charge in [0, 0.05) is 31.7 Å². The number of rotatable bonds is 6. The molecular weight excluding hydrogens is 325 g/mol. The number of hydrogen-bond acceptors (Lipinski definition) is 4. The minimum atomic E-state index is -0.0963. The smallest absolute Gasteiger partial charge is 0.252 e. The minimum Gasteiger partial charge on any atom is -0.351 e. The second-order valence-electron chi connectivity index (χ2n) is 4.81. The summed E-state index contributed by atoms with van der Waals surface area (Å²) in [6.07, 6.45) is 2.69. The highest BCUT2D eigenvalue weighted by molar-refractivity contribution is 5.97. The number of aromatic nitrogens is 3. The van der Waals surface area contributed by atoms with Crippen molar-refractivity contribution in [1.29, 1.82) is 0 Å². The summed E-state index contributed by atoms with van der Waals surface area (Å²) in [6, 6.07) is 1.85. The molecule has 0 saturated heterocycles. The summed E-state index contributed by atoms with van der Waals surface area (Å²) in [5.41, 5.74) is 2.25. The Kier molecular flexibility index (Phi) is 9.01. The third-order valence-electron chi connectivity index (χ3n) is 3.14. The van der Waals surface area contributed by atoms with Crippen LogP contribution in [-0.2, 0) is 7.05 Å². The Hall–Kier alpha value is -1.37. The SMILES string of the molecule is CCCNCCNC(=O)c1cnc2c(c1)c(C)nn2C.Cl.Cl. The van der Waals surface area contributed by atoms with Gasteiger partial charge >= 0.3 is 0 Å².